The van der Waals surface area contributed by atoms with Gasteiger partial charge in [0.2, 0.25) is 5.91 Å². The van der Waals surface area contributed by atoms with Crippen molar-refractivity contribution in [1.29, 1.82) is 5.26 Å². The second kappa shape index (κ2) is 5.57. The van der Waals surface area contributed by atoms with E-state index >= 15 is 0 Å². The summed E-state index contributed by atoms with van der Waals surface area (Å²) in [5.41, 5.74) is 1.78. The number of allylic oxidation sites excluding steroid dienone is 2. The highest BCUT2D eigenvalue weighted by molar-refractivity contribution is 5.88. The monoisotopic (exact) mass is 256 g/mol. The van der Waals surface area contributed by atoms with E-state index in [4.69, 9.17) is 10.00 Å². The lowest BCUT2D eigenvalue weighted by molar-refractivity contribution is -0.114. The number of nitrogens with zero attached hydrogens (tertiary/aromatic N) is 1. The van der Waals surface area contributed by atoms with Gasteiger partial charge in [0.05, 0.1) is 0 Å². The lowest BCUT2D eigenvalue weighted by Gasteiger charge is -2.25. The van der Waals surface area contributed by atoms with Crippen molar-refractivity contribution in [3.63, 3.8) is 0 Å². The zero-order chi connectivity index (χ0) is 13.8. The maximum atomic E-state index is 10.9. The molecule has 0 aliphatic carbocycles. The Kier molecular flexibility index (Phi) is 3.86. The van der Waals surface area contributed by atoms with Gasteiger partial charge in [0.15, 0.2) is 5.76 Å². The van der Waals surface area contributed by atoms with Gasteiger partial charge in [0, 0.05) is 12.6 Å². The molecular weight excluding hydrogens is 240 g/mol. The average Bonchev–Trinajstić information content (AvgIpc) is 2.38. The zero-order valence-corrected chi connectivity index (χ0v) is 11.0. The molecule has 98 valence electrons. The molecule has 1 aliphatic rings. The standard InChI is InChI=1S/C15H16N2O2/c1-10-7-14(9-16)19-15(8-10)12-3-5-13(6-4-12)17-11(2)18/h3-7,10,15H,8H2,1-2H3,(H,17,18)/t10-,15-/m0/s1. The summed E-state index contributed by atoms with van der Waals surface area (Å²) in [5.74, 6) is 0.614. The van der Waals surface area contributed by atoms with Crippen molar-refractivity contribution in [2.24, 2.45) is 5.92 Å². The fourth-order valence-electron chi connectivity index (χ4n) is 2.16. The first-order valence-electron chi connectivity index (χ1n) is 6.24. The molecule has 1 aromatic carbocycles. The van der Waals surface area contributed by atoms with Gasteiger partial charge in [-0.05, 0) is 36.1 Å². The molecule has 0 fully saturated rings. The van der Waals surface area contributed by atoms with Crippen molar-refractivity contribution in [2.45, 2.75) is 26.4 Å². The predicted molar refractivity (Wildman–Crippen MR) is 72.0 cm³/mol. The number of nitrogens with one attached hydrogen (secondary N) is 1. The first-order valence-corrected chi connectivity index (χ1v) is 6.24. The Labute approximate surface area is 112 Å². The van der Waals surface area contributed by atoms with Gasteiger partial charge < -0.3 is 10.1 Å². The lowest BCUT2D eigenvalue weighted by Crippen LogP contribution is -2.13. The molecule has 19 heavy (non-hydrogen) atoms. The Morgan fingerprint density at radius 2 is 2.11 bits per heavy atom. The largest absolute Gasteiger partial charge is 0.476 e. The molecule has 0 aromatic heterocycles. The third-order valence-corrected chi connectivity index (χ3v) is 3.00. The van der Waals surface area contributed by atoms with E-state index in [1.165, 1.54) is 6.92 Å². The van der Waals surface area contributed by atoms with E-state index in [1.807, 2.05) is 30.3 Å². The first-order chi connectivity index (χ1) is 9.08. The maximum absolute atomic E-state index is 10.9. The van der Waals surface area contributed by atoms with Gasteiger partial charge in [0.1, 0.15) is 12.2 Å². The van der Waals surface area contributed by atoms with E-state index in [0.29, 0.717) is 11.7 Å². The number of hydrogen-bond acceptors (Lipinski definition) is 3. The molecule has 2 rings (SSSR count). The van der Waals surface area contributed by atoms with E-state index in [9.17, 15) is 4.79 Å². The van der Waals surface area contributed by atoms with Crippen LogP contribution in [0.1, 0.15) is 31.9 Å². The highest BCUT2D eigenvalue weighted by Gasteiger charge is 2.22. The Hall–Kier alpha value is -2.28. The first kappa shape index (κ1) is 13.2. The highest BCUT2D eigenvalue weighted by Crippen LogP contribution is 2.33. The Balaban J connectivity index is 2.13. The topological polar surface area (TPSA) is 62.1 Å². The van der Waals surface area contributed by atoms with E-state index in [0.717, 1.165) is 17.7 Å². The summed E-state index contributed by atoms with van der Waals surface area (Å²) in [5, 5.41) is 11.6. The summed E-state index contributed by atoms with van der Waals surface area (Å²) in [4.78, 5) is 10.9. The summed E-state index contributed by atoms with van der Waals surface area (Å²) in [6, 6.07) is 9.58. The zero-order valence-electron chi connectivity index (χ0n) is 11.0. The van der Waals surface area contributed by atoms with Gasteiger partial charge >= 0.3 is 0 Å². The molecule has 2 atom stereocenters. The van der Waals surface area contributed by atoms with Crippen LogP contribution in [0.15, 0.2) is 36.1 Å². The fourth-order valence-corrected chi connectivity index (χ4v) is 2.16. The molecule has 0 unspecified atom stereocenters. The smallest absolute Gasteiger partial charge is 0.221 e. The minimum atomic E-state index is -0.0963. The van der Waals surface area contributed by atoms with Crippen molar-refractivity contribution >= 4 is 11.6 Å². The van der Waals surface area contributed by atoms with E-state index in [2.05, 4.69) is 18.3 Å². The summed E-state index contributed by atoms with van der Waals surface area (Å²) >= 11 is 0. The van der Waals surface area contributed by atoms with E-state index in [-0.39, 0.29) is 12.0 Å². The van der Waals surface area contributed by atoms with Crippen molar-refractivity contribution in [3.8, 4) is 6.07 Å². The molecule has 1 N–H and O–H groups in total. The minimum absolute atomic E-state index is 0.0926. The highest BCUT2D eigenvalue weighted by atomic mass is 16.5. The lowest BCUT2D eigenvalue weighted by atomic mass is 9.95. The Morgan fingerprint density at radius 3 is 2.68 bits per heavy atom. The molecule has 1 aromatic rings. The number of ether oxygens (including phenoxy) is 1. The predicted octanol–water partition coefficient (Wildman–Crippen LogP) is 3.15. The molecule has 1 amide bonds. The summed E-state index contributed by atoms with van der Waals surface area (Å²) in [6.45, 7) is 3.54. The maximum Gasteiger partial charge on any atom is 0.221 e. The van der Waals surface area contributed by atoms with Crippen LogP contribution in [0.3, 0.4) is 0 Å². The second-order valence-electron chi connectivity index (χ2n) is 4.77. The third-order valence-electron chi connectivity index (χ3n) is 3.00. The van der Waals surface area contributed by atoms with Crippen LogP contribution in [0, 0.1) is 17.2 Å². The van der Waals surface area contributed by atoms with E-state index in [1.54, 1.807) is 0 Å². The Morgan fingerprint density at radius 1 is 1.42 bits per heavy atom. The van der Waals surface area contributed by atoms with Crippen LogP contribution in [-0.4, -0.2) is 5.91 Å². The molecule has 1 heterocycles. The van der Waals surface area contributed by atoms with Crippen LogP contribution in [0.4, 0.5) is 5.69 Å². The summed E-state index contributed by atoms with van der Waals surface area (Å²) < 4.78 is 5.63. The van der Waals surface area contributed by atoms with Crippen molar-refractivity contribution in [1.82, 2.24) is 0 Å². The molecule has 0 bridgehead atoms. The summed E-state index contributed by atoms with van der Waals surface area (Å²) in [6.07, 6.45) is 2.60. The molecule has 0 spiro atoms. The van der Waals surface area contributed by atoms with Crippen LogP contribution < -0.4 is 5.32 Å². The van der Waals surface area contributed by atoms with Crippen LogP contribution in [0.2, 0.25) is 0 Å². The fraction of sp³-hybridized carbons (Fsp3) is 0.333. The van der Waals surface area contributed by atoms with Crippen LogP contribution in [-0.2, 0) is 9.53 Å². The minimum Gasteiger partial charge on any atom is -0.476 e. The van der Waals surface area contributed by atoms with Gasteiger partial charge in [0.25, 0.3) is 0 Å². The number of rotatable bonds is 2. The average molecular weight is 256 g/mol. The Bertz CT molecular complexity index is 540. The SMILES string of the molecule is CC(=O)Nc1ccc([C@@H]2C[C@@H](C)C=C(C#N)O2)cc1. The number of hydrogen-bond donors (Lipinski definition) is 1. The number of carbonyl (C=O) groups is 1. The molecule has 0 radical (unpaired) electrons. The van der Waals surface area contributed by atoms with Crippen molar-refractivity contribution in [2.75, 3.05) is 5.32 Å². The number of nitriles is 1. The molecule has 0 saturated carbocycles. The molecule has 4 nitrogen and oxygen atoms in total. The van der Waals surface area contributed by atoms with Crippen LogP contribution in [0.5, 0.6) is 0 Å². The number of benzene rings is 1. The quantitative estimate of drug-likeness (QED) is 0.884. The van der Waals surface area contributed by atoms with Crippen molar-refractivity contribution < 1.29 is 9.53 Å². The second-order valence-corrected chi connectivity index (χ2v) is 4.77. The number of amides is 1. The molecular formula is C15H16N2O2. The van der Waals surface area contributed by atoms with E-state index < -0.39 is 0 Å². The summed E-state index contributed by atoms with van der Waals surface area (Å²) in [7, 11) is 0. The number of anilines is 1. The van der Waals surface area contributed by atoms with Gasteiger partial charge in [-0.15, -0.1) is 0 Å². The number of carbonyl (C=O) groups excluding carboxylic acids is 1. The third kappa shape index (κ3) is 3.35. The molecule has 1 aliphatic heterocycles. The van der Waals surface area contributed by atoms with Crippen molar-refractivity contribution in [3.05, 3.63) is 41.7 Å². The van der Waals surface area contributed by atoms with Gasteiger partial charge in [-0.2, -0.15) is 5.26 Å². The van der Waals surface area contributed by atoms with Gasteiger partial charge in [-0.25, -0.2) is 0 Å². The van der Waals surface area contributed by atoms with Crippen LogP contribution in [0.25, 0.3) is 0 Å². The molecule has 0 saturated heterocycles. The van der Waals surface area contributed by atoms with Gasteiger partial charge in [-0.1, -0.05) is 19.1 Å². The molecule has 4 heteroatoms. The van der Waals surface area contributed by atoms with Crippen LogP contribution >= 0.6 is 0 Å². The normalized spacial score (nSPS) is 21.8. The van der Waals surface area contributed by atoms with Gasteiger partial charge in [-0.3, -0.25) is 4.79 Å².